The summed E-state index contributed by atoms with van der Waals surface area (Å²) >= 11 is 0. The lowest BCUT2D eigenvalue weighted by Crippen LogP contribution is -2.54. The number of hydrogen-bond acceptors (Lipinski definition) is 3. The molecule has 2 amide bonds. The van der Waals surface area contributed by atoms with Gasteiger partial charge in [0.2, 0.25) is 11.8 Å². The molecule has 0 unspecified atom stereocenters. The lowest BCUT2D eigenvalue weighted by molar-refractivity contribution is -0.158. The van der Waals surface area contributed by atoms with Crippen LogP contribution in [0.5, 0.6) is 0 Å². The minimum absolute atomic E-state index is 0.0372. The van der Waals surface area contributed by atoms with Crippen molar-refractivity contribution in [2.75, 3.05) is 26.2 Å². The zero-order chi connectivity index (χ0) is 17.2. The van der Waals surface area contributed by atoms with Gasteiger partial charge in [0.1, 0.15) is 6.54 Å². The van der Waals surface area contributed by atoms with Gasteiger partial charge in [0, 0.05) is 32.6 Å². The third kappa shape index (κ3) is 4.59. The van der Waals surface area contributed by atoms with Crippen molar-refractivity contribution < 1.29 is 22.8 Å². The first-order chi connectivity index (χ1) is 10.7. The normalized spacial score (nSPS) is 29.3. The van der Waals surface area contributed by atoms with Gasteiger partial charge in [0.25, 0.3) is 0 Å². The van der Waals surface area contributed by atoms with Gasteiger partial charge >= 0.3 is 6.18 Å². The molecule has 23 heavy (non-hydrogen) atoms. The number of carbonyl (C=O) groups is 2. The van der Waals surface area contributed by atoms with E-state index in [0.717, 1.165) is 17.7 Å². The number of likely N-dealkylation sites (tertiary alicyclic amines) is 2. The zero-order valence-corrected chi connectivity index (χ0v) is 13.5. The van der Waals surface area contributed by atoms with E-state index >= 15 is 0 Å². The molecule has 0 saturated carbocycles. The van der Waals surface area contributed by atoms with Crippen LogP contribution in [0.1, 0.15) is 33.1 Å². The number of carbonyl (C=O) groups excluding carboxylic acids is 2. The van der Waals surface area contributed by atoms with E-state index in [1.807, 2.05) is 6.92 Å². The van der Waals surface area contributed by atoms with E-state index in [2.05, 4.69) is 5.32 Å². The molecule has 0 bridgehead atoms. The second-order valence-corrected chi connectivity index (χ2v) is 6.41. The van der Waals surface area contributed by atoms with Gasteiger partial charge in [0.05, 0.1) is 6.04 Å². The summed E-state index contributed by atoms with van der Waals surface area (Å²) in [6.07, 6.45) is -2.38. The summed E-state index contributed by atoms with van der Waals surface area (Å²) in [6.45, 7) is 3.78. The molecule has 132 valence electrons. The van der Waals surface area contributed by atoms with Crippen LogP contribution in [0.2, 0.25) is 0 Å². The van der Waals surface area contributed by atoms with Gasteiger partial charge in [0.15, 0.2) is 0 Å². The molecule has 0 spiro atoms. The Kier molecular flexibility index (Phi) is 5.54. The number of nitrogens with zero attached hydrogens (tertiary/aromatic N) is 2. The van der Waals surface area contributed by atoms with Crippen molar-refractivity contribution in [3.8, 4) is 0 Å². The molecule has 1 N–H and O–H groups in total. The largest absolute Gasteiger partial charge is 0.406 e. The quantitative estimate of drug-likeness (QED) is 0.845. The van der Waals surface area contributed by atoms with Crippen LogP contribution < -0.4 is 5.32 Å². The number of halogens is 3. The lowest BCUT2D eigenvalue weighted by atomic mass is 9.89. The Labute approximate surface area is 134 Å². The summed E-state index contributed by atoms with van der Waals surface area (Å²) in [6, 6.07) is -0.476. The predicted octanol–water partition coefficient (Wildman–Crippen LogP) is 1.39. The maximum atomic E-state index is 12.5. The summed E-state index contributed by atoms with van der Waals surface area (Å²) in [5.41, 5.74) is 0. The fraction of sp³-hybridized carbons (Fsp3) is 0.867. The van der Waals surface area contributed by atoms with Gasteiger partial charge in [-0.05, 0) is 18.8 Å². The summed E-state index contributed by atoms with van der Waals surface area (Å²) in [7, 11) is 0. The average Bonchev–Trinajstić information content (AvgIpc) is 2.78. The molecular weight excluding hydrogens is 311 g/mol. The maximum absolute atomic E-state index is 12.5. The van der Waals surface area contributed by atoms with Gasteiger partial charge in [-0.25, -0.2) is 0 Å². The number of piperidine rings is 1. The van der Waals surface area contributed by atoms with E-state index in [9.17, 15) is 22.8 Å². The van der Waals surface area contributed by atoms with Crippen molar-refractivity contribution in [2.45, 2.75) is 51.4 Å². The van der Waals surface area contributed by atoms with Gasteiger partial charge in [-0.2, -0.15) is 13.2 Å². The molecule has 8 heteroatoms. The Hall–Kier alpha value is -1.31. The third-order valence-electron chi connectivity index (χ3n) is 4.79. The minimum Gasteiger partial charge on any atom is -0.343 e. The predicted molar refractivity (Wildman–Crippen MR) is 78.6 cm³/mol. The van der Waals surface area contributed by atoms with E-state index in [1.54, 1.807) is 4.90 Å². The second-order valence-electron chi connectivity index (χ2n) is 6.41. The van der Waals surface area contributed by atoms with Gasteiger partial charge < -0.3 is 15.1 Å². The number of alkyl halides is 3. The lowest BCUT2D eigenvalue weighted by Gasteiger charge is -2.39. The van der Waals surface area contributed by atoms with Crippen LogP contribution in [0.25, 0.3) is 0 Å². The molecular formula is C15H24F3N3O2. The van der Waals surface area contributed by atoms with Crippen molar-refractivity contribution in [3.63, 3.8) is 0 Å². The molecule has 2 aliphatic rings. The van der Waals surface area contributed by atoms with E-state index in [-0.39, 0.29) is 24.4 Å². The molecule has 2 fully saturated rings. The Morgan fingerprint density at radius 2 is 2.00 bits per heavy atom. The van der Waals surface area contributed by atoms with Crippen LogP contribution in [0, 0.1) is 5.92 Å². The molecule has 0 aromatic carbocycles. The molecule has 0 radical (unpaired) electrons. The molecule has 0 aromatic rings. The Balaban J connectivity index is 1.92. The molecule has 2 aliphatic heterocycles. The van der Waals surface area contributed by atoms with Gasteiger partial charge in [-0.15, -0.1) is 0 Å². The van der Waals surface area contributed by atoms with Crippen molar-refractivity contribution in [1.29, 1.82) is 0 Å². The summed E-state index contributed by atoms with van der Waals surface area (Å²) in [4.78, 5) is 26.3. The average molecular weight is 335 g/mol. The number of amides is 2. The zero-order valence-electron chi connectivity index (χ0n) is 13.5. The van der Waals surface area contributed by atoms with Crippen LogP contribution >= 0.6 is 0 Å². The molecule has 2 heterocycles. The molecule has 2 saturated heterocycles. The molecule has 0 aromatic heterocycles. The maximum Gasteiger partial charge on any atom is 0.406 e. The molecule has 5 nitrogen and oxygen atoms in total. The molecule has 2 rings (SSSR count). The van der Waals surface area contributed by atoms with Crippen LogP contribution in [-0.4, -0.2) is 66.1 Å². The summed E-state index contributed by atoms with van der Waals surface area (Å²) < 4.78 is 37.4. The van der Waals surface area contributed by atoms with E-state index < -0.39 is 24.7 Å². The Morgan fingerprint density at radius 1 is 1.30 bits per heavy atom. The highest BCUT2D eigenvalue weighted by molar-refractivity contribution is 5.84. The first-order valence-electron chi connectivity index (χ1n) is 8.08. The first kappa shape index (κ1) is 18.0. The second kappa shape index (κ2) is 7.07. The smallest absolute Gasteiger partial charge is 0.343 e. The fourth-order valence-corrected chi connectivity index (χ4v) is 3.48. The van der Waals surface area contributed by atoms with Crippen LogP contribution in [0.4, 0.5) is 13.2 Å². The highest BCUT2D eigenvalue weighted by Gasteiger charge is 2.41. The first-order valence-corrected chi connectivity index (χ1v) is 8.08. The topological polar surface area (TPSA) is 52.7 Å². The Morgan fingerprint density at radius 3 is 2.57 bits per heavy atom. The van der Waals surface area contributed by atoms with Crippen LogP contribution in [0.3, 0.4) is 0 Å². The van der Waals surface area contributed by atoms with E-state index in [1.165, 1.54) is 6.92 Å². The van der Waals surface area contributed by atoms with Crippen molar-refractivity contribution >= 4 is 11.8 Å². The number of hydrogen-bond donors (Lipinski definition) is 1. The van der Waals surface area contributed by atoms with E-state index in [0.29, 0.717) is 19.5 Å². The molecule has 3 atom stereocenters. The van der Waals surface area contributed by atoms with Crippen LogP contribution in [-0.2, 0) is 9.59 Å². The highest BCUT2D eigenvalue weighted by atomic mass is 19.4. The van der Waals surface area contributed by atoms with Crippen molar-refractivity contribution in [1.82, 2.24) is 15.1 Å². The third-order valence-corrected chi connectivity index (χ3v) is 4.79. The fourth-order valence-electron chi connectivity index (χ4n) is 3.48. The standard InChI is InChI=1S/C15H24F3N3O2/c1-3-11-8-20(10(2)22)6-4-12(11)19-13-5-7-21(14(13)23)9-15(16,17)18/h11-13,19H,3-9H2,1-2H3/t11-,12+,13+/m1/s1. The number of nitrogens with one attached hydrogen (secondary N) is 1. The SMILES string of the molecule is CC[C@@H]1CN(C(C)=O)CC[C@@H]1N[C@H]1CCN(CC(F)(F)F)C1=O. The van der Waals surface area contributed by atoms with Crippen LogP contribution in [0.15, 0.2) is 0 Å². The van der Waals surface area contributed by atoms with Crippen molar-refractivity contribution in [2.24, 2.45) is 5.92 Å². The summed E-state index contributed by atoms with van der Waals surface area (Å²) in [5, 5.41) is 3.25. The van der Waals surface area contributed by atoms with Crippen molar-refractivity contribution in [3.05, 3.63) is 0 Å². The monoisotopic (exact) mass is 335 g/mol. The summed E-state index contributed by atoms with van der Waals surface area (Å²) in [5.74, 6) is -0.210. The van der Waals surface area contributed by atoms with E-state index in [4.69, 9.17) is 0 Å². The van der Waals surface area contributed by atoms with Gasteiger partial charge in [-0.3, -0.25) is 9.59 Å². The minimum atomic E-state index is -4.36. The van der Waals surface area contributed by atoms with Gasteiger partial charge in [-0.1, -0.05) is 13.3 Å². The Bertz CT molecular complexity index is 456. The molecule has 0 aliphatic carbocycles. The number of rotatable bonds is 4. The highest BCUT2D eigenvalue weighted by Crippen LogP contribution is 2.24.